The summed E-state index contributed by atoms with van der Waals surface area (Å²) in [7, 11) is 1.83. The zero-order chi connectivity index (χ0) is 18.1. The van der Waals surface area contributed by atoms with E-state index in [4.69, 9.17) is 9.47 Å². The lowest BCUT2D eigenvalue weighted by Gasteiger charge is -2.31. The van der Waals surface area contributed by atoms with Crippen LogP contribution in [0.2, 0.25) is 0 Å². The number of halogens is 1. The van der Waals surface area contributed by atoms with Crippen LogP contribution in [0.1, 0.15) is 36.0 Å². The predicted molar refractivity (Wildman–Crippen MR) is 103 cm³/mol. The van der Waals surface area contributed by atoms with E-state index in [9.17, 15) is 4.79 Å². The average molecular weight is 416 g/mol. The van der Waals surface area contributed by atoms with Crippen molar-refractivity contribution in [2.45, 2.75) is 37.8 Å². The summed E-state index contributed by atoms with van der Waals surface area (Å²) < 4.78 is 12.6. The third-order valence-electron chi connectivity index (χ3n) is 5.31. The smallest absolute Gasteiger partial charge is 0.410 e. The van der Waals surface area contributed by atoms with Crippen molar-refractivity contribution in [2.24, 2.45) is 0 Å². The maximum atomic E-state index is 12.7. The van der Waals surface area contributed by atoms with E-state index >= 15 is 0 Å². The fourth-order valence-corrected chi connectivity index (χ4v) is 4.19. The summed E-state index contributed by atoms with van der Waals surface area (Å²) in [4.78, 5) is 14.4. The van der Waals surface area contributed by atoms with Crippen LogP contribution in [0.3, 0.4) is 0 Å². The largest absolute Gasteiger partial charge is 0.493 e. The Morgan fingerprint density at radius 3 is 2.77 bits per heavy atom. The van der Waals surface area contributed by atoms with Crippen LogP contribution < -0.4 is 4.74 Å². The number of hydrogen-bond acceptors (Lipinski definition) is 3. The minimum atomic E-state index is -0.320. The Labute approximate surface area is 162 Å². The highest BCUT2D eigenvalue weighted by atomic mass is 79.9. The maximum Gasteiger partial charge on any atom is 0.410 e. The Morgan fingerprint density at radius 1 is 1.27 bits per heavy atom. The standard InChI is InChI=1S/C21H22BrNO3/c1-23(20(24)26-14-15-6-3-2-4-7-15)21(9-10-21)18-13-17(22)12-16-8-5-11-25-19(16)18/h2-4,6-7,12-13H,5,8-11,14H2,1H3. The lowest BCUT2D eigenvalue weighted by molar-refractivity contribution is 0.0849. The minimum Gasteiger partial charge on any atom is -0.493 e. The van der Waals surface area contributed by atoms with E-state index in [1.54, 1.807) is 4.90 Å². The van der Waals surface area contributed by atoms with Gasteiger partial charge >= 0.3 is 6.09 Å². The molecule has 2 aromatic rings. The normalized spacial score (nSPS) is 17.0. The lowest BCUT2D eigenvalue weighted by Crippen LogP contribution is -2.38. The molecule has 0 unspecified atom stereocenters. The molecule has 1 aliphatic heterocycles. The molecule has 4 nitrogen and oxygen atoms in total. The molecule has 0 atom stereocenters. The summed E-state index contributed by atoms with van der Waals surface area (Å²) in [5, 5.41) is 0. The predicted octanol–water partition coefficient (Wildman–Crippen LogP) is 5.03. The second-order valence-electron chi connectivity index (χ2n) is 7.02. The molecule has 0 spiro atoms. The molecule has 2 aliphatic rings. The molecule has 1 heterocycles. The number of aryl methyl sites for hydroxylation is 1. The van der Waals surface area contributed by atoms with Crippen LogP contribution in [0.5, 0.6) is 5.75 Å². The molecule has 26 heavy (non-hydrogen) atoms. The summed E-state index contributed by atoms with van der Waals surface area (Å²) in [5.74, 6) is 0.958. The van der Waals surface area contributed by atoms with Crippen molar-refractivity contribution in [1.29, 1.82) is 0 Å². The number of nitrogens with zero attached hydrogens (tertiary/aromatic N) is 1. The molecule has 0 bridgehead atoms. The van der Waals surface area contributed by atoms with Gasteiger partial charge in [-0.3, -0.25) is 0 Å². The van der Waals surface area contributed by atoms with Gasteiger partial charge < -0.3 is 14.4 Å². The van der Waals surface area contributed by atoms with Gasteiger partial charge in [0.15, 0.2) is 0 Å². The molecule has 2 aromatic carbocycles. The van der Waals surface area contributed by atoms with Gasteiger partial charge in [0.1, 0.15) is 12.4 Å². The van der Waals surface area contributed by atoms with Gasteiger partial charge in [-0.05, 0) is 48.9 Å². The number of amides is 1. The number of fused-ring (bicyclic) bond motifs is 1. The summed E-state index contributed by atoms with van der Waals surface area (Å²) in [5.41, 5.74) is 2.99. The van der Waals surface area contributed by atoms with Crippen LogP contribution >= 0.6 is 15.9 Å². The quantitative estimate of drug-likeness (QED) is 0.702. The fraction of sp³-hybridized carbons (Fsp3) is 0.381. The Morgan fingerprint density at radius 2 is 2.04 bits per heavy atom. The first-order chi connectivity index (χ1) is 12.6. The van der Waals surface area contributed by atoms with Crippen molar-refractivity contribution in [1.82, 2.24) is 4.90 Å². The van der Waals surface area contributed by atoms with E-state index in [1.165, 1.54) is 5.56 Å². The van der Waals surface area contributed by atoms with Gasteiger partial charge in [-0.15, -0.1) is 0 Å². The summed E-state index contributed by atoms with van der Waals surface area (Å²) in [6, 6.07) is 14.0. The van der Waals surface area contributed by atoms with Gasteiger partial charge in [0.2, 0.25) is 0 Å². The number of carbonyl (C=O) groups is 1. The van der Waals surface area contributed by atoms with E-state index in [0.717, 1.165) is 53.6 Å². The molecule has 0 saturated heterocycles. The molecule has 1 aliphatic carbocycles. The lowest BCUT2D eigenvalue weighted by atomic mass is 9.96. The molecule has 0 radical (unpaired) electrons. The van der Waals surface area contributed by atoms with Crippen LogP contribution in [0, 0.1) is 0 Å². The molecule has 4 rings (SSSR count). The van der Waals surface area contributed by atoms with Gasteiger partial charge in [0.05, 0.1) is 12.1 Å². The monoisotopic (exact) mass is 415 g/mol. The van der Waals surface area contributed by atoms with E-state index < -0.39 is 0 Å². The van der Waals surface area contributed by atoms with E-state index in [0.29, 0.717) is 0 Å². The van der Waals surface area contributed by atoms with Crippen LogP contribution in [-0.4, -0.2) is 24.6 Å². The minimum absolute atomic E-state index is 0.285. The Balaban J connectivity index is 1.55. The number of benzene rings is 2. The van der Waals surface area contributed by atoms with Crippen molar-refractivity contribution in [3.05, 3.63) is 63.6 Å². The Kier molecular flexibility index (Phi) is 4.65. The highest BCUT2D eigenvalue weighted by Crippen LogP contribution is 2.55. The van der Waals surface area contributed by atoms with Crippen molar-refractivity contribution >= 4 is 22.0 Å². The molecule has 1 saturated carbocycles. The third-order valence-corrected chi connectivity index (χ3v) is 5.77. The molecule has 1 amide bonds. The molecule has 5 heteroatoms. The van der Waals surface area contributed by atoms with Crippen LogP contribution in [0.15, 0.2) is 46.9 Å². The van der Waals surface area contributed by atoms with Gasteiger partial charge in [-0.25, -0.2) is 4.79 Å². The topological polar surface area (TPSA) is 38.8 Å². The van der Waals surface area contributed by atoms with Gasteiger partial charge in [-0.2, -0.15) is 0 Å². The van der Waals surface area contributed by atoms with Gasteiger partial charge in [0.25, 0.3) is 0 Å². The van der Waals surface area contributed by atoms with Crippen molar-refractivity contribution in [2.75, 3.05) is 13.7 Å². The molecular formula is C21H22BrNO3. The SMILES string of the molecule is CN(C(=O)OCc1ccccc1)C1(c2cc(Br)cc3c2OCCC3)CC1. The van der Waals surface area contributed by atoms with Crippen molar-refractivity contribution < 1.29 is 14.3 Å². The number of ether oxygens (including phenoxy) is 2. The highest BCUT2D eigenvalue weighted by Gasteiger charge is 2.52. The van der Waals surface area contributed by atoms with Gasteiger partial charge in [0, 0.05) is 17.1 Å². The molecule has 0 aromatic heterocycles. The third kappa shape index (κ3) is 3.20. The summed E-state index contributed by atoms with van der Waals surface area (Å²) in [6.07, 6.45) is 3.60. The second-order valence-corrected chi connectivity index (χ2v) is 7.94. The average Bonchev–Trinajstić information content (AvgIpc) is 3.47. The number of carbonyl (C=O) groups excluding carboxylic acids is 1. The summed E-state index contributed by atoms with van der Waals surface area (Å²) >= 11 is 3.62. The molecule has 1 fully saturated rings. The van der Waals surface area contributed by atoms with Crippen LogP contribution in [0.25, 0.3) is 0 Å². The second kappa shape index (κ2) is 6.95. The Hall–Kier alpha value is -2.01. The molecule has 0 N–H and O–H groups in total. The number of rotatable bonds is 4. The first kappa shape index (κ1) is 17.4. The van der Waals surface area contributed by atoms with Gasteiger partial charge in [-0.1, -0.05) is 46.3 Å². The highest BCUT2D eigenvalue weighted by molar-refractivity contribution is 9.10. The van der Waals surface area contributed by atoms with Crippen molar-refractivity contribution in [3.63, 3.8) is 0 Å². The number of hydrogen-bond donors (Lipinski definition) is 0. The van der Waals surface area contributed by atoms with Crippen molar-refractivity contribution in [3.8, 4) is 5.75 Å². The fourth-order valence-electron chi connectivity index (χ4n) is 3.68. The molecule has 136 valence electrons. The summed E-state index contributed by atoms with van der Waals surface area (Å²) in [6.45, 7) is 1.02. The zero-order valence-electron chi connectivity index (χ0n) is 14.8. The molecular weight excluding hydrogens is 394 g/mol. The van der Waals surface area contributed by atoms with Crippen LogP contribution in [0.4, 0.5) is 4.79 Å². The van der Waals surface area contributed by atoms with E-state index in [2.05, 4.69) is 28.1 Å². The maximum absolute atomic E-state index is 12.7. The van der Waals surface area contributed by atoms with E-state index in [1.807, 2.05) is 37.4 Å². The first-order valence-corrected chi connectivity index (χ1v) is 9.80. The van der Waals surface area contributed by atoms with Crippen LogP contribution in [-0.2, 0) is 23.3 Å². The Bertz CT molecular complexity index is 818. The zero-order valence-corrected chi connectivity index (χ0v) is 16.4. The van der Waals surface area contributed by atoms with E-state index in [-0.39, 0.29) is 18.2 Å². The first-order valence-electron chi connectivity index (χ1n) is 9.00.